The van der Waals surface area contributed by atoms with Gasteiger partial charge in [0.05, 0.1) is 22.3 Å². The number of nitrogens with two attached hydrogens (primary N) is 1. The van der Waals surface area contributed by atoms with Crippen molar-refractivity contribution in [2.45, 2.75) is 92.9 Å². The van der Waals surface area contributed by atoms with Crippen LogP contribution in [0, 0.1) is 39.4 Å². The highest BCUT2D eigenvalue weighted by Crippen LogP contribution is 2.67. The SMILES string of the molecule is CCCCC(CC)CNS(=O)(=O)CC12CCC(C(=Cc3ccc(C=C4C(=O)C5(CS(N)(=O)=O)CCC4C5(C)C)cc3)C1=O)C2(C)C. The maximum atomic E-state index is 14.1. The molecule has 3 N–H and O–H groups in total. The minimum Gasteiger partial charge on any atom is -0.294 e. The quantitative estimate of drug-likeness (QED) is 0.251. The number of allylic oxidation sites excluding steroid dienone is 2. The van der Waals surface area contributed by atoms with Gasteiger partial charge in [0.15, 0.2) is 11.6 Å². The van der Waals surface area contributed by atoms with E-state index in [0.717, 1.165) is 49.7 Å². The first-order chi connectivity index (χ1) is 21.3. The van der Waals surface area contributed by atoms with Crippen LogP contribution in [0.15, 0.2) is 35.4 Å². The third kappa shape index (κ3) is 5.79. The zero-order valence-corrected chi connectivity index (χ0v) is 30.0. The van der Waals surface area contributed by atoms with Gasteiger partial charge in [0.2, 0.25) is 20.0 Å². The normalized spacial score (nSPS) is 32.2. The molecule has 5 rings (SSSR count). The summed E-state index contributed by atoms with van der Waals surface area (Å²) < 4.78 is 53.8. The van der Waals surface area contributed by atoms with E-state index in [4.69, 9.17) is 5.14 Å². The molecule has 1 aromatic carbocycles. The number of unbranched alkanes of at least 4 members (excludes halogenated alkanes) is 1. The summed E-state index contributed by atoms with van der Waals surface area (Å²) in [6, 6.07) is 7.66. The predicted octanol–water partition coefficient (Wildman–Crippen LogP) is 5.89. The average Bonchev–Trinajstić information content (AvgIpc) is 3.47. The zero-order valence-electron chi connectivity index (χ0n) is 28.3. The van der Waals surface area contributed by atoms with Gasteiger partial charge in [-0.1, -0.05) is 85.1 Å². The lowest BCUT2D eigenvalue weighted by Gasteiger charge is -2.35. The Kier molecular flexibility index (Phi) is 9.23. The molecule has 5 atom stereocenters. The van der Waals surface area contributed by atoms with E-state index in [-0.39, 0.29) is 34.9 Å². The highest BCUT2D eigenvalue weighted by molar-refractivity contribution is 7.89. The second-order valence-corrected chi connectivity index (χ2v) is 19.1. The Morgan fingerprint density at radius 1 is 0.826 bits per heavy atom. The van der Waals surface area contributed by atoms with Gasteiger partial charge in [-0.15, -0.1) is 0 Å². The van der Waals surface area contributed by atoms with E-state index < -0.39 is 41.7 Å². The lowest BCUT2D eigenvalue weighted by atomic mass is 9.70. The van der Waals surface area contributed by atoms with Crippen molar-refractivity contribution in [3.63, 3.8) is 0 Å². The van der Waals surface area contributed by atoms with Crippen molar-refractivity contribution < 1.29 is 26.4 Å². The smallest absolute Gasteiger partial charge is 0.212 e. The highest BCUT2D eigenvalue weighted by Gasteiger charge is 2.68. The fourth-order valence-corrected chi connectivity index (χ4v) is 12.7. The van der Waals surface area contributed by atoms with Crippen LogP contribution in [0.25, 0.3) is 12.2 Å². The molecule has 254 valence electrons. The van der Waals surface area contributed by atoms with Crippen molar-refractivity contribution in [1.82, 2.24) is 4.72 Å². The number of hydrogen-bond acceptors (Lipinski definition) is 6. The van der Waals surface area contributed by atoms with Crippen molar-refractivity contribution in [3.8, 4) is 0 Å². The molecule has 5 unspecified atom stereocenters. The van der Waals surface area contributed by atoms with Gasteiger partial charge >= 0.3 is 0 Å². The van der Waals surface area contributed by atoms with Gasteiger partial charge in [0.1, 0.15) is 0 Å². The molecule has 0 heterocycles. The number of hydrogen-bond donors (Lipinski definition) is 2. The summed E-state index contributed by atoms with van der Waals surface area (Å²) in [7, 11) is -7.49. The summed E-state index contributed by atoms with van der Waals surface area (Å²) in [4.78, 5) is 27.7. The van der Waals surface area contributed by atoms with Gasteiger partial charge in [-0.2, -0.15) is 0 Å². The van der Waals surface area contributed by atoms with E-state index in [1.165, 1.54) is 0 Å². The molecule has 4 aliphatic rings. The first-order valence-electron chi connectivity index (χ1n) is 16.9. The van der Waals surface area contributed by atoms with E-state index in [9.17, 15) is 26.4 Å². The summed E-state index contributed by atoms with van der Waals surface area (Å²) in [5, 5.41) is 5.43. The molecule has 0 aliphatic heterocycles. The summed E-state index contributed by atoms with van der Waals surface area (Å²) in [5.41, 5.74) is 0.0883. The van der Waals surface area contributed by atoms with E-state index in [1.807, 2.05) is 64.1 Å². The molecule has 10 heteroatoms. The number of benzene rings is 1. The predicted molar refractivity (Wildman–Crippen MR) is 183 cm³/mol. The summed E-state index contributed by atoms with van der Waals surface area (Å²) in [5.74, 6) is -0.467. The van der Waals surface area contributed by atoms with Crippen LogP contribution in [0.1, 0.15) is 104 Å². The standard InChI is InChI=1S/C36H52N2O6S2/c1-7-9-10-24(8-2)21-38-46(43,44)23-36-18-16-30(34(36,5)6)28(32(36)40)20-26-13-11-25(12-14-26)19-27-29-15-17-35(31(27)39,33(29,3)4)22-45(37,41)42/h11-14,19-20,24,29-30,38H,7-10,15-18,21-23H2,1-6H3,(H2,37,41,42). The van der Waals surface area contributed by atoms with Gasteiger partial charge < -0.3 is 0 Å². The summed E-state index contributed by atoms with van der Waals surface area (Å²) in [6.07, 6.45) is 10.5. The Balaban J connectivity index is 1.35. The van der Waals surface area contributed by atoms with Crippen molar-refractivity contribution in [1.29, 1.82) is 0 Å². The number of carbonyl (C=O) groups excluding carboxylic acids is 2. The Bertz CT molecular complexity index is 1670. The minimum atomic E-state index is -3.83. The summed E-state index contributed by atoms with van der Waals surface area (Å²) in [6.45, 7) is 12.7. The third-order valence-electron chi connectivity index (χ3n) is 12.7. The van der Waals surface area contributed by atoms with Gasteiger partial charge in [-0.05, 0) is 84.0 Å². The van der Waals surface area contributed by atoms with Gasteiger partial charge in [0.25, 0.3) is 0 Å². The Hall–Kier alpha value is -2.14. The van der Waals surface area contributed by atoms with Gasteiger partial charge in [0, 0.05) is 17.7 Å². The van der Waals surface area contributed by atoms with E-state index in [1.54, 1.807) is 0 Å². The maximum absolute atomic E-state index is 14.1. The Morgan fingerprint density at radius 2 is 1.28 bits per heavy atom. The maximum Gasteiger partial charge on any atom is 0.212 e. The second-order valence-electron chi connectivity index (χ2n) is 15.6. The molecular weight excluding hydrogens is 621 g/mol. The third-order valence-corrected chi connectivity index (χ3v) is 15.0. The molecule has 4 saturated carbocycles. The second kappa shape index (κ2) is 12.1. The van der Waals surface area contributed by atoms with Crippen molar-refractivity contribution >= 4 is 43.8 Å². The lowest BCUT2D eigenvalue weighted by molar-refractivity contribution is -0.125. The van der Waals surface area contributed by atoms with Crippen molar-refractivity contribution in [2.24, 2.45) is 44.6 Å². The Labute approximate surface area is 276 Å². The van der Waals surface area contributed by atoms with Crippen LogP contribution in [0.2, 0.25) is 0 Å². The number of Topliss-reactive ketones (excluding diaryl/α,β-unsaturated/α-hetero) is 2. The number of fused-ring (bicyclic) bond motifs is 4. The fraction of sp³-hybridized carbons (Fsp3) is 0.667. The van der Waals surface area contributed by atoms with Crippen LogP contribution < -0.4 is 9.86 Å². The number of primary sulfonamides is 1. The average molecular weight is 673 g/mol. The topological polar surface area (TPSA) is 140 Å². The number of rotatable bonds is 13. The first kappa shape index (κ1) is 35.2. The number of ketones is 2. The van der Waals surface area contributed by atoms with Crippen molar-refractivity contribution in [2.75, 3.05) is 18.1 Å². The zero-order chi connectivity index (χ0) is 33.9. The largest absolute Gasteiger partial charge is 0.294 e. The molecule has 0 saturated heterocycles. The van der Waals surface area contributed by atoms with Crippen LogP contribution in [-0.2, 0) is 29.6 Å². The molecule has 0 aromatic heterocycles. The molecule has 0 amide bonds. The Morgan fingerprint density at radius 3 is 1.70 bits per heavy atom. The minimum absolute atomic E-state index is 0.0196. The molecule has 8 nitrogen and oxygen atoms in total. The van der Waals surface area contributed by atoms with Crippen LogP contribution in [-0.4, -0.2) is 46.5 Å². The fourth-order valence-electron chi connectivity index (χ4n) is 9.52. The number of nitrogens with one attached hydrogen (secondary N) is 1. The van der Waals surface area contributed by atoms with Crippen LogP contribution in [0.4, 0.5) is 0 Å². The molecular formula is C36H52N2O6S2. The molecule has 46 heavy (non-hydrogen) atoms. The number of carbonyl (C=O) groups is 2. The van der Waals surface area contributed by atoms with E-state index >= 15 is 0 Å². The van der Waals surface area contributed by atoms with Gasteiger partial charge in [-0.25, -0.2) is 26.7 Å². The molecule has 0 spiro atoms. The lowest BCUT2D eigenvalue weighted by Crippen LogP contribution is -2.46. The van der Waals surface area contributed by atoms with Crippen LogP contribution >= 0.6 is 0 Å². The van der Waals surface area contributed by atoms with Crippen molar-refractivity contribution in [3.05, 3.63) is 46.5 Å². The first-order valence-corrected chi connectivity index (χ1v) is 20.3. The summed E-state index contributed by atoms with van der Waals surface area (Å²) >= 11 is 0. The molecule has 0 radical (unpaired) electrons. The van der Waals surface area contributed by atoms with Crippen LogP contribution in [0.3, 0.4) is 0 Å². The van der Waals surface area contributed by atoms with Crippen LogP contribution in [0.5, 0.6) is 0 Å². The molecule has 4 fully saturated rings. The van der Waals surface area contributed by atoms with Gasteiger partial charge in [-0.3, -0.25) is 9.59 Å². The monoisotopic (exact) mass is 672 g/mol. The van der Waals surface area contributed by atoms with E-state index in [2.05, 4.69) is 18.6 Å². The van der Waals surface area contributed by atoms with E-state index in [0.29, 0.717) is 36.5 Å². The molecule has 4 aliphatic carbocycles. The molecule has 1 aromatic rings. The number of sulfonamides is 2. The highest BCUT2D eigenvalue weighted by atomic mass is 32.2. The molecule has 4 bridgehead atoms.